The lowest BCUT2D eigenvalue weighted by atomic mass is 9.98. The van der Waals surface area contributed by atoms with E-state index in [9.17, 15) is 4.79 Å². The number of hydrogen-bond donors (Lipinski definition) is 3. The van der Waals surface area contributed by atoms with E-state index in [4.69, 9.17) is 4.74 Å². The fraction of sp³-hybridized carbons (Fsp3) is 0.444. The molecule has 1 aromatic carbocycles. The average molecular weight is 328 g/mol. The van der Waals surface area contributed by atoms with Crippen LogP contribution in [0.4, 0.5) is 0 Å². The molecule has 0 aliphatic carbocycles. The van der Waals surface area contributed by atoms with Gasteiger partial charge in [0.15, 0.2) is 6.61 Å². The molecule has 0 saturated carbocycles. The molecule has 6 nitrogen and oxygen atoms in total. The number of benzene rings is 1. The maximum atomic E-state index is 11.8. The van der Waals surface area contributed by atoms with Crippen LogP contribution in [0.5, 0.6) is 5.75 Å². The number of nitrogens with one attached hydrogen (secondary N) is 3. The van der Waals surface area contributed by atoms with Gasteiger partial charge in [0.25, 0.3) is 5.91 Å². The van der Waals surface area contributed by atoms with Gasteiger partial charge in [-0.2, -0.15) is 0 Å². The number of fused-ring (bicyclic) bond motifs is 1. The number of H-pyrrole nitrogens is 1. The van der Waals surface area contributed by atoms with Gasteiger partial charge >= 0.3 is 0 Å². The second-order valence-electron chi connectivity index (χ2n) is 7.06. The largest absolute Gasteiger partial charge is 0.484 e. The topological polar surface area (TPSA) is 79.0 Å². The van der Waals surface area contributed by atoms with Crippen LogP contribution in [-0.4, -0.2) is 34.6 Å². The minimum atomic E-state index is -0.252. The van der Waals surface area contributed by atoms with Gasteiger partial charge in [-0.25, -0.2) is 4.98 Å². The van der Waals surface area contributed by atoms with Gasteiger partial charge < -0.3 is 20.4 Å². The van der Waals surface area contributed by atoms with Crippen molar-refractivity contribution in [3.05, 3.63) is 47.5 Å². The third-order valence-electron chi connectivity index (χ3n) is 3.85. The smallest absolute Gasteiger partial charge is 0.258 e. The number of carbonyl (C=O) groups excluding carboxylic acids is 1. The van der Waals surface area contributed by atoms with Gasteiger partial charge in [-0.15, -0.1) is 0 Å². The number of aromatic amines is 1. The predicted molar refractivity (Wildman–Crippen MR) is 92.0 cm³/mol. The van der Waals surface area contributed by atoms with Crippen molar-refractivity contribution in [2.45, 2.75) is 38.8 Å². The van der Waals surface area contributed by atoms with Crippen molar-refractivity contribution in [3.63, 3.8) is 0 Å². The third kappa shape index (κ3) is 3.94. The molecule has 3 N–H and O–H groups in total. The van der Waals surface area contributed by atoms with Crippen LogP contribution in [0.2, 0.25) is 0 Å². The number of hydrogen-bond acceptors (Lipinski definition) is 4. The molecule has 0 fully saturated rings. The zero-order chi connectivity index (χ0) is 17.2. The molecule has 24 heavy (non-hydrogen) atoms. The fourth-order valence-electron chi connectivity index (χ4n) is 2.85. The van der Waals surface area contributed by atoms with E-state index in [-0.39, 0.29) is 24.1 Å². The molecule has 0 saturated heterocycles. The van der Waals surface area contributed by atoms with E-state index in [1.165, 1.54) is 5.69 Å². The Balaban J connectivity index is 1.62. The van der Waals surface area contributed by atoms with Crippen molar-refractivity contribution < 1.29 is 9.53 Å². The maximum absolute atomic E-state index is 11.8. The Morgan fingerprint density at radius 2 is 2.08 bits per heavy atom. The van der Waals surface area contributed by atoms with Crippen molar-refractivity contribution in [2.75, 3.05) is 13.2 Å². The summed E-state index contributed by atoms with van der Waals surface area (Å²) >= 11 is 0. The molecule has 1 aromatic heterocycles. The summed E-state index contributed by atoms with van der Waals surface area (Å²) in [5.74, 6) is 0.558. The van der Waals surface area contributed by atoms with Crippen LogP contribution in [0.3, 0.4) is 0 Å². The number of nitrogens with zero attached hydrogens (tertiary/aromatic N) is 1. The molecule has 2 heterocycles. The molecule has 1 amide bonds. The third-order valence-corrected chi connectivity index (χ3v) is 3.85. The van der Waals surface area contributed by atoms with Gasteiger partial charge in [0.2, 0.25) is 0 Å². The lowest BCUT2D eigenvalue weighted by Crippen LogP contribution is -2.43. The Bertz CT molecular complexity index is 701. The second kappa shape index (κ2) is 6.65. The van der Waals surface area contributed by atoms with Gasteiger partial charge in [-0.1, -0.05) is 12.1 Å². The molecular formula is C18H24N4O2. The van der Waals surface area contributed by atoms with Crippen LogP contribution in [0.25, 0.3) is 0 Å². The highest BCUT2D eigenvalue weighted by Gasteiger charge is 2.23. The normalized spacial score (nSPS) is 17.2. The number of rotatable bonds is 4. The average Bonchev–Trinajstić information content (AvgIpc) is 3.00. The lowest BCUT2D eigenvalue weighted by Gasteiger charge is -2.23. The zero-order valence-corrected chi connectivity index (χ0v) is 14.3. The van der Waals surface area contributed by atoms with Crippen LogP contribution >= 0.6 is 0 Å². The van der Waals surface area contributed by atoms with E-state index in [0.29, 0.717) is 5.75 Å². The van der Waals surface area contributed by atoms with Crippen LogP contribution in [0.15, 0.2) is 30.6 Å². The van der Waals surface area contributed by atoms with E-state index < -0.39 is 0 Å². The minimum Gasteiger partial charge on any atom is -0.484 e. The monoisotopic (exact) mass is 328 g/mol. The van der Waals surface area contributed by atoms with Crippen molar-refractivity contribution in [2.24, 2.45) is 0 Å². The Morgan fingerprint density at radius 1 is 1.33 bits per heavy atom. The number of aromatic nitrogens is 2. The van der Waals surface area contributed by atoms with Crippen LogP contribution in [-0.2, 0) is 11.2 Å². The molecular weight excluding hydrogens is 304 g/mol. The quantitative estimate of drug-likeness (QED) is 0.801. The number of ether oxygens (including phenoxy) is 1. The highest BCUT2D eigenvalue weighted by Crippen LogP contribution is 2.27. The zero-order valence-electron chi connectivity index (χ0n) is 14.3. The molecule has 0 radical (unpaired) electrons. The van der Waals surface area contributed by atoms with Gasteiger partial charge in [-0.3, -0.25) is 4.79 Å². The lowest BCUT2D eigenvalue weighted by molar-refractivity contribution is -0.124. The Morgan fingerprint density at radius 3 is 2.79 bits per heavy atom. The molecule has 128 valence electrons. The summed E-state index contributed by atoms with van der Waals surface area (Å²) in [6, 6.07) is 7.90. The van der Waals surface area contributed by atoms with E-state index in [1.54, 1.807) is 6.33 Å². The summed E-state index contributed by atoms with van der Waals surface area (Å²) in [5.41, 5.74) is 3.13. The Labute approximate surface area is 142 Å². The molecule has 2 aromatic rings. The van der Waals surface area contributed by atoms with Crippen molar-refractivity contribution in [1.82, 2.24) is 20.6 Å². The Kier molecular flexibility index (Phi) is 4.57. The summed E-state index contributed by atoms with van der Waals surface area (Å²) < 4.78 is 5.56. The minimum absolute atomic E-state index is 0.0157. The summed E-state index contributed by atoms with van der Waals surface area (Å²) in [6.45, 7) is 6.77. The number of amides is 1. The molecule has 0 spiro atoms. The molecule has 1 aliphatic rings. The molecule has 6 heteroatoms. The van der Waals surface area contributed by atoms with Crippen LogP contribution in [0.1, 0.15) is 43.8 Å². The van der Waals surface area contributed by atoms with Gasteiger partial charge in [0.05, 0.1) is 18.1 Å². The Hall–Kier alpha value is -2.34. The number of carbonyl (C=O) groups is 1. The predicted octanol–water partition coefficient (Wildman–Crippen LogP) is 1.94. The van der Waals surface area contributed by atoms with Crippen molar-refractivity contribution in [3.8, 4) is 5.75 Å². The summed E-state index contributed by atoms with van der Waals surface area (Å²) in [5, 5.41) is 6.36. The molecule has 3 rings (SSSR count). The van der Waals surface area contributed by atoms with Crippen molar-refractivity contribution >= 4 is 5.91 Å². The van der Waals surface area contributed by atoms with Crippen LogP contribution in [0, 0.1) is 0 Å². The summed E-state index contributed by atoms with van der Waals surface area (Å²) in [4.78, 5) is 19.4. The summed E-state index contributed by atoms with van der Waals surface area (Å²) in [6.07, 6.45) is 2.71. The van der Waals surface area contributed by atoms with Gasteiger partial charge in [0.1, 0.15) is 5.75 Å². The first-order chi connectivity index (χ1) is 11.4. The maximum Gasteiger partial charge on any atom is 0.258 e. The van der Waals surface area contributed by atoms with E-state index in [2.05, 4.69) is 20.6 Å². The first kappa shape index (κ1) is 16.5. The fourth-order valence-corrected chi connectivity index (χ4v) is 2.85. The first-order valence-corrected chi connectivity index (χ1v) is 8.22. The van der Waals surface area contributed by atoms with Gasteiger partial charge in [-0.05, 0) is 38.5 Å². The van der Waals surface area contributed by atoms with E-state index in [0.717, 1.165) is 24.2 Å². The molecule has 0 bridgehead atoms. The molecule has 1 atom stereocenters. The number of imidazole rings is 1. The second-order valence-corrected chi connectivity index (χ2v) is 7.06. The first-order valence-electron chi connectivity index (χ1n) is 8.22. The van der Waals surface area contributed by atoms with E-state index in [1.807, 2.05) is 45.0 Å². The van der Waals surface area contributed by atoms with Crippen molar-refractivity contribution in [1.29, 1.82) is 0 Å². The standard InChI is InChI=1S/C18H24N4O2/c1-18(2,3)22-15(23)10-24-13-6-4-12(5-7-13)16-17-14(8-9-19-16)20-11-21-17/h4-7,11,16,19H,8-10H2,1-3H3,(H,20,21)(H,22,23). The highest BCUT2D eigenvalue weighted by molar-refractivity contribution is 5.78. The SMILES string of the molecule is CC(C)(C)NC(=O)COc1ccc(C2NCCc3[nH]cnc32)cc1. The summed E-state index contributed by atoms with van der Waals surface area (Å²) in [7, 11) is 0. The molecule has 1 aliphatic heterocycles. The van der Waals surface area contributed by atoms with Gasteiger partial charge in [0, 0.05) is 24.2 Å². The van der Waals surface area contributed by atoms with E-state index >= 15 is 0 Å². The molecule has 1 unspecified atom stereocenters. The van der Waals surface area contributed by atoms with Crippen LogP contribution < -0.4 is 15.4 Å². The highest BCUT2D eigenvalue weighted by atomic mass is 16.5.